The first-order valence-corrected chi connectivity index (χ1v) is 11.5. The molecule has 1 aromatic rings. The highest BCUT2D eigenvalue weighted by molar-refractivity contribution is 14.0. The summed E-state index contributed by atoms with van der Waals surface area (Å²) in [5, 5.41) is 7.82. The Balaban J connectivity index is 0.00000320. The lowest BCUT2D eigenvalue weighted by Crippen LogP contribution is -2.45. The van der Waals surface area contributed by atoms with Crippen molar-refractivity contribution in [1.82, 2.24) is 20.4 Å². The minimum absolute atomic E-state index is 0. The Hall–Kier alpha value is -0.770. The Labute approximate surface area is 204 Å². The largest absolute Gasteiger partial charge is 0.369 e. The van der Waals surface area contributed by atoms with Gasteiger partial charge in [0.25, 0.3) is 0 Å². The Morgan fingerprint density at radius 1 is 1.17 bits per heavy atom. The number of benzene rings is 1. The first-order valence-electron chi connectivity index (χ1n) is 11.1. The second kappa shape index (κ2) is 13.6. The van der Waals surface area contributed by atoms with Gasteiger partial charge < -0.3 is 25.3 Å². The molecule has 170 valence electrons. The fourth-order valence-electron chi connectivity index (χ4n) is 4.01. The number of anilines is 1. The summed E-state index contributed by atoms with van der Waals surface area (Å²) < 4.78 is 0. The van der Waals surface area contributed by atoms with Crippen molar-refractivity contribution in [2.24, 2.45) is 4.99 Å². The lowest BCUT2D eigenvalue weighted by atomic mass is 10.2. The van der Waals surface area contributed by atoms with E-state index in [1.807, 2.05) is 18.2 Å². The third kappa shape index (κ3) is 8.40. The topological polar surface area (TPSA) is 46.1 Å². The summed E-state index contributed by atoms with van der Waals surface area (Å²) >= 11 is 6.15. The van der Waals surface area contributed by atoms with Crippen molar-refractivity contribution in [3.8, 4) is 0 Å². The monoisotopic (exact) mass is 548 g/mol. The van der Waals surface area contributed by atoms with Gasteiger partial charge in [-0.2, -0.15) is 0 Å². The number of nitrogens with zero attached hydrogens (tertiary/aromatic N) is 4. The van der Waals surface area contributed by atoms with Crippen LogP contribution in [0.25, 0.3) is 0 Å². The van der Waals surface area contributed by atoms with Crippen molar-refractivity contribution in [1.29, 1.82) is 0 Å². The van der Waals surface area contributed by atoms with E-state index in [9.17, 15) is 0 Å². The molecule has 0 bridgehead atoms. The summed E-state index contributed by atoms with van der Waals surface area (Å²) in [4.78, 5) is 12.2. The minimum atomic E-state index is 0. The Morgan fingerprint density at radius 3 is 2.70 bits per heavy atom. The molecule has 8 heteroatoms. The number of hydrogen-bond acceptors (Lipinski definition) is 4. The molecule has 2 aliphatic rings. The first-order chi connectivity index (χ1) is 14.1. The summed E-state index contributed by atoms with van der Waals surface area (Å²) in [6.07, 6.45) is 3.47. The molecule has 0 aromatic heterocycles. The van der Waals surface area contributed by atoms with E-state index in [1.54, 1.807) is 0 Å². The van der Waals surface area contributed by atoms with Gasteiger partial charge in [-0.3, -0.25) is 4.99 Å². The number of unbranched alkanes of at least 4 members (excludes halogenated alkanes) is 1. The molecule has 3 rings (SSSR count). The third-order valence-corrected chi connectivity index (χ3v) is 6.03. The number of piperazine rings is 1. The second-order valence-corrected chi connectivity index (χ2v) is 8.60. The van der Waals surface area contributed by atoms with Crippen LogP contribution in [0, 0.1) is 0 Å². The van der Waals surface area contributed by atoms with E-state index in [4.69, 9.17) is 16.6 Å². The SMILES string of the molecule is CCNC(=NCCCCN1CCN(C)CC1)NC1CCN(c2cccc(Cl)c2)C1.I. The third-order valence-electron chi connectivity index (χ3n) is 5.79. The first kappa shape index (κ1) is 25.5. The number of hydrogen-bond donors (Lipinski definition) is 2. The molecule has 1 unspecified atom stereocenters. The molecule has 2 saturated heterocycles. The fourth-order valence-corrected chi connectivity index (χ4v) is 4.19. The van der Waals surface area contributed by atoms with Crippen molar-refractivity contribution < 1.29 is 0 Å². The molecule has 2 heterocycles. The quantitative estimate of drug-likeness (QED) is 0.226. The van der Waals surface area contributed by atoms with Crippen LogP contribution in [-0.2, 0) is 0 Å². The van der Waals surface area contributed by atoms with Gasteiger partial charge in [0, 0.05) is 69.1 Å². The van der Waals surface area contributed by atoms with E-state index < -0.39 is 0 Å². The molecule has 0 amide bonds. The van der Waals surface area contributed by atoms with Crippen molar-refractivity contribution >= 4 is 47.2 Å². The van der Waals surface area contributed by atoms with E-state index in [0.29, 0.717) is 6.04 Å². The maximum Gasteiger partial charge on any atom is 0.191 e. The van der Waals surface area contributed by atoms with Gasteiger partial charge in [0.1, 0.15) is 0 Å². The number of aliphatic imine (C=N–C) groups is 1. The molecule has 2 N–H and O–H groups in total. The second-order valence-electron chi connectivity index (χ2n) is 8.17. The molecular weight excluding hydrogens is 511 g/mol. The van der Waals surface area contributed by atoms with Crippen molar-refractivity contribution in [2.45, 2.75) is 32.2 Å². The highest BCUT2D eigenvalue weighted by Crippen LogP contribution is 2.23. The van der Waals surface area contributed by atoms with Crippen LogP contribution in [0.2, 0.25) is 5.02 Å². The van der Waals surface area contributed by atoms with Gasteiger partial charge in [0.2, 0.25) is 0 Å². The molecule has 2 fully saturated rings. The summed E-state index contributed by atoms with van der Waals surface area (Å²) in [7, 11) is 2.21. The van der Waals surface area contributed by atoms with Crippen LogP contribution in [0.15, 0.2) is 29.3 Å². The van der Waals surface area contributed by atoms with Gasteiger partial charge in [-0.1, -0.05) is 17.7 Å². The maximum atomic E-state index is 6.15. The van der Waals surface area contributed by atoms with Crippen LogP contribution in [0.3, 0.4) is 0 Å². The molecule has 1 aromatic carbocycles. The summed E-state index contributed by atoms with van der Waals surface area (Å²) in [5.41, 5.74) is 1.20. The Morgan fingerprint density at radius 2 is 1.97 bits per heavy atom. The maximum absolute atomic E-state index is 6.15. The van der Waals surface area contributed by atoms with E-state index in [0.717, 1.165) is 50.0 Å². The van der Waals surface area contributed by atoms with Crippen LogP contribution in [0.4, 0.5) is 5.69 Å². The number of likely N-dealkylation sites (N-methyl/N-ethyl adjacent to an activating group) is 1. The zero-order chi connectivity index (χ0) is 20.5. The molecular formula is C22H38ClIN6. The molecule has 0 aliphatic carbocycles. The van der Waals surface area contributed by atoms with Crippen LogP contribution in [0.5, 0.6) is 0 Å². The number of halogens is 2. The number of nitrogens with one attached hydrogen (secondary N) is 2. The highest BCUT2D eigenvalue weighted by atomic mass is 127. The smallest absolute Gasteiger partial charge is 0.191 e. The highest BCUT2D eigenvalue weighted by Gasteiger charge is 2.23. The molecule has 6 nitrogen and oxygen atoms in total. The van der Waals surface area contributed by atoms with Crippen molar-refractivity contribution in [2.75, 3.05) is 70.9 Å². The van der Waals surface area contributed by atoms with Crippen molar-refractivity contribution in [3.05, 3.63) is 29.3 Å². The van der Waals surface area contributed by atoms with Crippen LogP contribution in [0.1, 0.15) is 26.2 Å². The zero-order valence-electron chi connectivity index (χ0n) is 18.4. The fraction of sp³-hybridized carbons (Fsp3) is 0.682. The van der Waals surface area contributed by atoms with Gasteiger partial charge in [-0.05, 0) is 58.0 Å². The normalized spacial score (nSPS) is 20.8. The number of guanidine groups is 1. The summed E-state index contributed by atoms with van der Waals surface area (Å²) in [6, 6.07) is 8.54. The minimum Gasteiger partial charge on any atom is -0.369 e. The van der Waals surface area contributed by atoms with Gasteiger partial charge in [0.15, 0.2) is 5.96 Å². The molecule has 0 radical (unpaired) electrons. The van der Waals surface area contributed by atoms with Crippen LogP contribution in [-0.4, -0.2) is 87.8 Å². The van der Waals surface area contributed by atoms with Gasteiger partial charge >= 0.3 is 0 Å². The summed E-state index contributed by atoms with van der Waals surface area (Å²) in [6.45, 7) is 11.9. The lowest BCUT2D eigenvalue weighted by molar-refractivity contribution is 0.152. The Bertz CT molecular complexity index is 650. The van der Waals surface area contributed by atoms with Gasteiger partial charge in [-0.15, -0.1) is 24.0 Å². The zero-order valence-corrected chi connectivity index (χ0v) is 21.5. The molecule has 1 atom stereocenters. The van der Waals surface area contributed by atoms with E-state index in [2.05, 4.69) is 45.4 Å². The summed E-state index contributed by atoms with van der Waals surface area (Å²) in [5.74, 6) is 0.949. The van der Waals surface area contributed by atoms with E-state index in [1.165, 1.54) is 44.8 Å². The van der Waals surface area contributed by atoms with E-state index in [-0.39, 0.29) is 24.0 Å². The molecule has 30 heavy (non-hydrogen) atoms. The predicted molar refractivity (Wildman–Crippen MR) is 140 cm³/mol. The van der Waals surface area contributed by atoms with Crippen molar-refractivity contribution in [3.63, 3.8) is 0 Å². The number of rotatable bonds is 8. The standard InChI is InChI=1S/C22H37ClN6.HI/c1-3-24-22(25-10-4-5-11-28-15-13-27(2)14-16-28)26-20-9-12-29(18-20)21-8-6-7-19(23)17-21;/h6-8,17,20H,3-5,9-16,18H2,1-2H3,(H2,24,25,26);1H. The lowest BCUT2D eigenvalue weighted by Gasteiger charge is -2.32. The average molecular weight is 549 g/mol. The predicted octanol–water partition coefficient (Wildman–Crippen LogP) is 3.12. The van der Waals surface area contributed by atoms with Gasteiger partial charge in [0.05, 0.1) is 0 Å². The van der Waals surface area contributed by atoms with Gasteiger partial charge in [-0.25, -0.2) is 0 Å². The molecule has 0 spiro atoms. The van der Waals surface area contributed by atoms with E-state index >= 15 is 0 Å². The average Bonchev–Trinajstić information content (AvgIpc) is 3.18. The molecule has 0 saturated carbocycles. The Kier molecular flexibility index (Phi) is 11.6. The van der Waals surface area contributed by atoms with Crippen LogP contribution < -0.4 is 15.5 Å². The van der Waals surface area contributed by atoms with Crippen LogP contribution >= 0.6 is 35.6 Å². The molecule has 2 aliphatic heterocycles.